The molecule has 0 aliphatic carbocycles. The van der Waals surface area contributed by atoms with Crippen molar-refractivity contribution in [2.75, 3.05) is 46.9 Å². The molecule has 1 aliphatic heterocycles. The summed E-state index contributed by atoms with van der Waals surface area (Å²) in [4.78, 5) is 19.1. The van der Waals surface area contributed by atoms with Crippen molar-refractivity contribution in [2.24, 2.45) is 0 Å². The summed E-state index contributed by atoms with van der Waals surface area (Å²) in [6, 6.07) is 7.86. The molecule has 3 aromatic rings. The van der Waals surface area contributed by atoms with E-state index in [0.717, 1.165) is 42.6 Å². The number of hydrogen-bond donors (Lipinski definition) is 3. The zero-order valence-corrected chi connectivity index (χ0v) is 17.2. The van der Waals surface area contributed by atoms with Gasteiger partial charge in [0.15, 0.2) is 6.04 Å². The topological polar surface area (TPSA) is 94.6 Å². The number of pyridine rings is 1. The highest BCUT2D eigenvalue weighted by atomic mass is 16.5. The summed E-state index contributed by atoms with van der Waals surface area (Å²) < 4.78 is 6.99. The fourth-order valence-corrected chi connectivity index (χ4v) is 4.20. The molecule has 1 fully saturated rings. The molecular formula is C20H29N7O2+2. The van der Waals surface area contributed by atoms with Crippen molar-refractivity contribution in [3.8, 4) is 0 Å². The number of aryl methyl sites for hydroxylation is 1. The van der Waals surface area contributed by atoms with Crippen LogP contribution in [0.1, 0.15) is 23.0 Å². The third-order valence-corrected chi connectivity index (χ3v) is 5.91. The third kappa shape index (κ3) is 3.93. The first-order valence-electron chi connectivity index (χ1n) is 10.1. The quantitative estimate of drug-likeness (QED) is 0.445. The first-order chi connectivity index (χ1) is 14.1. The molecule has 154 valence electrons. The number of hydrogen-bond acceptors (Lipinski definition) is 5. The van der Waals surface area contributed by atoms with Gasteiger partial charge in [0.25, 0.3) is 5.56 Å². The van der Waals surface area contributed by atoms with E-state index in [1.165, 1.54) is 9.80 Å². The van der Waals surface area contributed by atoms with E-state index in [4.69, 9.17) is 4.74 Å². The molecule has 3 heterocycles. The molecule has 2 aromatic heterocycles. The summed E-state index contributed by atoms with van der Waals surface area (Å²) in [5, 5.41) is 13.4. The van der Waals surface area contributed by atoms with Gasteiger partial charge in [-0.15, -0.1) is 5.10 Å². The smallest absolute Gasteiger partial charge is 0.258 e. The van der Waals surface area contributed by atoms with Crippen LogP contribution in [0.3, 0.4) is 0 Å². The van der Waals surface area contributed by atoms with Crippen LogP contribution in [-0.4, -0.2) is 72.1 Å². The summed E-state index contributed by atoms with van der Waals surface area (Å²) in [5.41, 5.74) is 2.59. The third-order valence-electron chi connectivity index (χ3n) is 5.91. The SMILES string of the molecule is COCCn1nnnc1[C@H](c1cc2cccc(C)c2[nH]c1=O)[NH+]1CC[NH+](C)CC1. The van der Waals surface area contributed by atoms with Crippen molar-refractivity contribution < 1.29 is 14.5 Å². The molecule has 4 rings (SSSR count). The summed E-state index contributed by atoms with van der Waals surface area (Å²) in [6.07, 6.45) is 0. The number of likely N-dealkylation sites (N-methyl/N-ethyl adjacent to an activating group) is 1. The summed E-state index contributed by atoms with van der Waals surface area (Å²) in [5.74, 6) is 0.717. The normalized spacial score (nSPS) is 20.8. The van der Waals surface area contributed by atoms with E-state index in [0.29, 0.717) is 24.5 Å². The van der Waals surface area contributed by atoms with Gasteiger partial charge in [-0.05, 0) is 34.4 Å². The first kappa shape index (κ1) is 19.7. The molecule has 9 heteroatoms. The molecule has 3 N–H and O–H groups in total. The number of quaternary nitrogens is 2. The predicted octanol–water partition coefficient (Wildman–Crippen LogP) is -2.03. The second-order valence-corrected chi connectivity index (χ2v) is 7.89. The molecule has 1 atom stereocenters. The van der Waals surface area contributed by atoms with E-state index in [9.17, 15) is 4.79 Å². The number of piperazine rings is 1. The second-order valence-electron chi connectivity index (χ2n) is 7.89. The van der Waals surface area contributed by atoms with Gasteiger partial charge in [0.05, 0.1) is 31.3 Å². The number of methoxy groups -OCH3 is 1. The Kier molecular flexibility index (Phi) is 5.70. The van der Waals surface area contributed by atoms with Gasteiger partial charge in [-0.1, -0.05) is 18.2 Å². The van der Waals surface area contributed by atoms with E-state index in [2.05, 4.69) is 27.6 Å². The Morgan fingerprint density at radius 1 is 1.28 bits per heavy atom. The van der Waals surface area contributed by atoms with Gasteiger partial charge in [0, 0.05) is 7.11 Å². The van der Waals surface area contributed by atoms with E-state index >= 15 is 0 Å². The van der Waals surface area contributed by atoms with Crippen molar-refractivity contribution in [3.63, 3.8) is 0 Å². The molecule has 0 saturated carbocycles. The van der Waals surface area contributed by atoms with Crippen molar-refractivity contribution >= 4 is 10.9 Å². The van der Waals surface area contributed by atoms with Gasteiger partial charge in [-0.3, -0.25) is 4.79 Å². The van der Waals surface area contributed by atoms with Crippen LogP contribution in [0.5, 0.6) is 0 Å². The Bertz CT molecular complexity index is 1040. The highest BCUT2D eigenvalue weighted by molar-refractivity contribution is 5.82. The Labute approximate surface area is 169 Å². The average Bonchev–Trinajstić information content (AvgIpc) is 3.17. The van der Waals surface area contributed by atoms with E-state index in [-0.39, 0.29) is 11.6 Å². The summed E-state index contributed by atoms with van der Waals surface area (Å²) in [6.45, 7) is 7.10. The molecule has 1 saturated heterocycles. The highest BCUT2D eigenvalue weighted by Crippen LogP contribution is 2.20. The lowest BCUT2D eigenvalue weighted by Gasteiger charge is -2.32. The first-order valence-corrected chi connectivity index (χ1v) is 10.1. The number of nitrogens with one attached hydrogen (secondary N) is 3. The van der Waals surface area contributed by atoms with E-state index in [1.54, 1.807) is 11.8 Å². The van der Waals surface area contributed by atoms with Crippen molar-refractivity contribution in [2.45, 2.75) is 19.5 Å². The maximum atomic E-state index is 13.2. The number of rotatable bonds is 6. The van der Waals surface area contributed by atoms with Gasteiger partial charge in [0.2, 0.25) is 5.82 Å². The number of ether oxygens (including phenoxy) is 1. The van der Waals surface area contributed by atoms with Crippen LogP contribution in [0, 0.1) is 6.92 Å². The Hall–Kier alpha value is -2.62. The second kappa shape index (κ2) is 8.40. The minimum absolute atomic E-state index is 0.0723. The van der Waals surface area contributed by atoms with Crippen LogP contribution in [0.25, 0.3) is 10.9 Å². The van der Waals surface area contributed by atoms with Crippen LogP contribution in [-0.2, 0) is 11.3 Å². The predicted molar refractivity (Wildman–Crippen MR) is 108 cm³/mol. The van der Waals surface area contributed by atoms with Gasteiger partial charge < -0.3 is 19.5 Å². The molecule has 0 bridgehead atoms. The number of para-hydroxylation sites is 1. The van der Waals surface area contributed by atoms with Crippen molar-refractivity contribution in [1.82, 2.24) is 25.2 Å². The van der Waals surface area contributed by atoms with Crippen molar-refractivity contribution in [1.29, 1.82) is 0 Å². The van der Waals surface area contributed by atoms with Crippen LogP contribution in [0.2, 0.25) is 0 Å². The maximum absolute atomic E-state index is 13.2. The molecule has 0 spiro atoms. The van der Waals surface area contributed by atoms with Crippen LogP contribution in [0.15, 0.2) is 29.1 Å². The van der Waals surface area contributed by atoms with Gasteiger partial charge in [-0.2, -0.15) is 0 Å². The van der Waals surface area contributed by atoms with Crippen molar-refractivity contribution in [3.05, 3.63) is 51.6 Å². The lowest BCUT2D eigenvalue weighted by atomic mass is 10.0. The number of nitrogens with zero attached hydrogens (tertiary/aromatic N) is 4. The lowest BCUT2D eigenvalue weighted by Crippen LogP contribution is -3.27. The lowest BCUT2D eigenvalue weighted by molar-refractivity contribution is -1.02. The van der Waals surface area contributed by atoms with Crippen LogP contribution >= 0.6 is 0 Å². The standard InChI is InChI=1S/C20H27N7O2/c1-14-5-4-6-15-13-16(20(28)21-17(14)15)18(26-9-7-25(2)8-10-26)19-22-23-24-27(19)11-12-29-3/h4-6,13,18H,7-12H2,1-3H3,(H,21,28)/p+2/t18-/m0/s1. The zero-order valence-electron chi connectivity index (χ0n) is 17.2. The van der Waals surface area contributed by atoms with Gasteiger partial charge >= 0.3 is 0 Å². The van der Waals surface area contributed by atoms with Gasteiger partial charge in [-0.25, -0.2) is 4.68 Å². The Morgan fingerprint density at radius 3 is 2.83 bits per heavy atom. The minimum Gasteiger partial charge on any atom is -0.383 e. The number of aromatic amines is 1. The number of H-pyrrole nitrogens is 1. The molecule has 0 unspecified atom stereocenters. The molecular weight excluding hydrogens is 370 g/mol. The van der Waals surface area contributed by atoms with Crippen LogP contribution in [0.4, 0.5) is 0 Å². The number of benzene rings is 1. The molecule has 9 nitrogen and oxygen atoms in total. The summed E-state index contributed by atoms with van der Waals surface area (Å²) in [7, 11) is 3.87. The molecule has 0 amide bonds. The average molecular weight is 399 g/mol. The molecule has 0 radical (unpaired) electrons. The highest BCUT2D eigenvalue weighted by Gasteiger charge is 2.36. The Balaban J connectivity index is 1.83. The molecule has 29 heavy (non-hydrogen) atoms. The number of aromatic nitrogens is 5. The molecule has 1 aliphatic rings. The monoisotopic (exact) mass is 399 g/mol. The van der Waals surface area contributed by atoms with Gasteiger partial charge in [0.1, 0.15) is 26.2 Å². The largest absolute Gasteiger partial charge is 0.383 e. The molecule has 1 aromatic carbocycles. The maximum Gasteiger partial charge on any atom is 0.258 e. The van der Waals surface area contributed by atoms with E-state index in [1.807, 2.05) is 31.2 Å². The van der Waals surface area contributed by atoms with Crippen LogP contribution < -0.4 is 15.4 Å². The zero-order chi connectivity index (χ0) is 20.4. The number of tetrazole rings is 1. The fraction of sp³-hybridized carbons (Fsp3) is 0.500. The fourth-order valence-electron chi connectivity index (χ4n) is 4.20. The number of fused-ring (bicyclic) bond motifs is 1. The Morgan fingerprint density at radius 2 is 2.07 bits per heavy atom. The van der Waals surface area contributed by atoms with E-state index < -0.39 is 0 Å². The minimum atomic E-state index is -0.219. The summed E-state index contributed by atoms with van der Waals surface area (Å²) >= 11 is 0.